The van der Waals surface area contributed by atoms with E-state index < -0.39 is 0 Å². The maximum absolute atomic E-state index is 12.8. The normalized spacial score (nSPS) is 12.7. The second-order valence-corrected chi connectivity index (χ2v) is 6.05. The predicted octanol–water partition coefficient (Wildman–Crippen LogP) is 3.01. The lowest BCUT2D eigenvalue weighted by atomic mass is 10.2. The summed E-state index contributed by atoms with van der Waals surface area (Å²) in [5.41, 5.74) is 0.865. The SMILES string of the molecule is O=C(CSc1ccc2c(c1)OCCO2)NCc1ccc(F)cc1. The Labute approximate surface area is 138 Å². The molecule has 1 heterocycles. The number of thioether (sulfide) groups is 1. The van der Waals surface area contributed by atoms with Crippen LogP contribution in [0.2, 0.25) is 0 Å². The lowest BCUT2D eigenvalue weighted by Gasteiger charge is -2.18. The molecule has 1 amide bonds. The number of carbonyl (C=O) groups excluding carboxylic acids is 1. The minimum absolute atomic E-state index is 0.0748. The Bertz CT molecular complexity index is 691. The van der Waals surface area contributed by atoms with Gasteiger partial charge < -0.3 is 14.8 Å². The minimum atomic E-state index is -0.283. The lowest BCUT2D eigenvalue weighted by Crippen LogP contribution is -2.24. The van der Waals surface area contributed by atoms with Crippen molar-refractivity contribution in [2.45, 2.75) is 11.4 Å². The van der Waals surface area contributed by atoms with Crippen LogP contribution in [0.25, 0.3) is 0 Å². The van der Waals surface area contributed by atoms with E-state index in [0.29, 0.717) is 31.3 Å². The molecule has 6 heteroatoms. The van der Waals surface area contributed by atoms with Gasteiger partial charge in [0.25, 0.3) is 0 Å². The van der Waals surface area contributed by atoms with Gasteiger partial charge in [-0.05, 0) is 35.9 Å². The van der Waals surface area contributed by atoms with Gasteiger partial charge >= 0.3 is 0 Å². The highest BCUT2D eigenvalue weighted by Gasteiger charge is 2.12. The monoisotopic (exact) mass is 333 g/mol. The Morgan fingerprint density at radius 3 is 2.61 bits per heavy atom. The average Bonchev–Trinajstić information content (AvgIpc) is 2.59. The summed E-state index contributed by atoms with van der Waals surface area (Å²) >= 11 is 1.43. The predicted molar refractivity (Wildman–Crippen MR) is 86.4 cm³/mol. The van der Waals surface area contributed by atoms with Gasteiger partial charge in [0, 0.05) is 11.4 Å². The van der Waals surface area contributed by atoms with E-state index in [9.17, 15) is 9.18 Å². The van der Waals surface area contributed by atoms with Crippen molar-refractivity contribution >= 4 is 17.7 Å². The summed E-state index contributed by atoms with van der Waals surface area (Å²) in [7, 11) is 0. The first kappa shape index (κ1) is 15.7. The molecular weight excluding hydrogens is 317 g/mol. The van der Waals surface area contributed by atoms with E-state index >= 15 is 0 Å². The third-order valence-corrected chi connectivity index (χ3v) is 4.28. The third-order valence-electron chi connectivity index (χ3n) is 3.29. The lowest BCUT2D eigenvalue weighted by molar-refractivity contribution is -0.118. The number of carbonyl (C=O) groups is 1. The van der Waals surface area contributed by atoms with Gasteiger partial charge in [-0.25, -0.2) is 4.39 Å². The van der Waals surface area contributed by atoms with E-state index in [1.165, 1.54) is 23.9 Å². The Morgan fingerprint density at radius 2 is 1.83 bits per heavy atom. The van der Waals surface area contributed by atoms with Crippen LogP contribution in [0.3, 0.4) is 0 Å². The Kier molecular flexibility index (Phi) is 5.02. The van der Waals surface area contributed by atoms with Crippen molar-refractivity contribution in [1.82, 2.24) is 5.32 Å². The van der Waals surface area contributed by atoms with Gasteiger partial charge in [0.2, 0.25) is 5.91 Å². The van der Waals surface area contributed by atoms with Gasteiger partial charge in [-0.1, -0.05) is 12.1 Å². The van der Waals surface area contributed by atoms with E-state index in [-0.39, 0.29) is 11.7 Å². The van der Waals surface area contributed by atoms with Crippen molar-refractivity contribution in [3.63, 3.8) is 0 Å². The van der Waals surface area contributed by atoms with E-state index in [2.05, 4.69) is 5.32 Å². The van der Waals surface area contributed by atoms with E-state index in [1.807, 2.05) is 18.2 Å². The molecule has 0 radical (unpaired) electrons. The maximum Gasteiger partial charge on any atom is 0.230 e. The standard InChI is InChI=1S/C17H16FNO3S/c18-13-3-1-12(2-4-13)10-19-17(20)11-23-14-5-6-15-16(9-14)22-8-7-21-15/h1-6,9H,7-8,10-11H2,(H,19,20). The second kappa shape index (κ2) is 7.37. The molecule has 0 saturated heterocycles. The summed E-state index contributed by atoms with van der Waals surface area (Å²) in [6.07, 6.45) is 0. The zero-order chi connectivity index (χ0) is 16.1. The van der Waals surface area contributed by atoms with Crippen LogP contribution in [0.5, 0.6) is 11.5 Å². The highest BCUT2D eigenvalue weighted by Crippen LogP contribution is 2.34. The molecule has 0 bridgehead atoms. The largest absolute Gasteiger partial charge is 0.486 e. The molecule has 2 aromatic rings. The number of nitrogens with one attached hydrogen (secondary N) is 1. The first-order valence-electron chi connectivity index (χ1n) is 7.24. The zero-order valence-corrected chi connectivity index (χ0v) is 13.2. The van der Waals surface area contributed by atoms with Gasteiger partial charge in [0.15, 0.2) is 11.5 Å². The van der Waals surface area contributed by atoms with Gasteiger partial charge in [0.1, 0.15) is 19.0 Å². The smallest absolute Gasteiger partial charge is 0.230 e. The molecule has 0 atom stereocenters. The molecule has 0 spiro atoms. The number of hydrogen-bond donors (Lipinski definition) is 1. The van der Waals surface area contributed by atoms with Crippen LogP contribution in [-0.2, 0) is 11.3 Å². The first-order chi connectivity index (χ1) is 11.2. The van der Waals surface area contributed by atoms with Gasteiger partial charge in [0.05, 0.1) is 5.75 Å². The molecule has 4 nitrogen and oxygen atoms in total. The van der Waals surface area contributed by atoms with Crippen molar-refractivity contribution in [2.75, 3.05) is 19.0 Å². The van der Waals surface area contributed by atoms with Crippen LogP contribution in [-0.4, -0.2) is 24.9 Å². The Morgan fingerprint density at radius 1 is 1.09 bits per heavy atom. The van der Waals surface area contributed by atoms with E-state index in [4.69, 9.17) is 9.47 Å². The number of rotatable bonds is 5. The summed E-state index contributed by atoms with van der Waals surface area (Å²) in [6.45, 7) is 1.49. The second-order valence-electron chi connectivity index (χ2n) is 5.00. The van der Waals surface area contributed by atoms with Crippen molar-refractivity contribution in [1.29, 1.82) is 0 Å². The average molecular weight is 333 g/mol. The minimum Gasteiger partial charge on any atom is -0.486 e. The zero-order valence-electron chi connectivity index (χ0n) is 12.4. The summed E-state index contributed by atoms with van der Waals surface area (Å²) < 4.78 is 23.8. The topological polar surface area (TPSA) is 47.6 Å². The molecule has 3 rings (SSSR count). The number of fused-ring (bicyclic) bond motifs is 1. The molecule has 0 aromatic heterocycles. The summed E-state index contributed by atoms with van der Waals surface area (Å²) in [5.74, 6) is 1.40. The molecule has 0 saturated carbocycles. The van der Waals surface area contributed by atoms with E-state index in [1.54, 1.807) is 12.1 Å². The van der Waals surface area contributed by atoms with Gasteiger partial charge in [-0.15, -0.1) is 11.8 Å². The Hall–Kier alpha value is -2.21. The van der Waals surface area contributed by atoms with Crippen LogP contribution in [0.4, 0.5) is 4.39 Å². The molecule has 1 N–H and O–H groups in total. The number of amides is 1. The van der Waals surface area contributed by atoms with Crippen molar-refractivity contribution in [2.24, 2.45) is 0 Å². The molecule has 0 fully saturated rings. The Balaban J connectivity index is 1.48. The van der Waals surface area contributed by atoms with Crippen molar-refractivity contribution in [3.05, 3.63) is 53.8 Å². The molecule has 2 aromatic carbocycles. The van der Waals surface area contributed by atoms with Gasteiger partial charge in [-0.2, -0.15) is 0 Å². The van der Waals surface area contributed by atoms with Gasteiger partial charge in [-0.3, -0.25) is 4.79 Å². The quantitative estimate of drug-likeness (QED) is 0.855. The van der Waals surface area contributed by atoms with Crippen LogP contribution in [0, 0.1) is 5.82 Å². The molecule has 0 aliphatic carbocycles. The molecule has 120 valence electrons. The summed E-state index contributed by atoms with van der Waals surface area (Å²) in [4.78, 5) is 12.8. The molecular formula is C17H16FNO3S. The highest BCUT2D eigenvalue weighted by atomic mass is 32.2. The highest BCUT2D eigenvalue weighted by molar-refractivity contribution is 8.00. The number of benzene rings is 2. The fourth-order valence-corrected chi connectivity index (χ4v) is 2.87. The van der Waals surface area contributed by atoms with Crippen LogP contribution in [0.15, 0.2) is 47.4 Å². The fraction of sp³-hybridized carbons (Fsp3) is 0.235. The summed E-state index contributed by atoms with van der Waals surface area (Å²) in [6, 6.07) is 11.7. The number of ether oxygens (including phenoxy) is 2. The van der Waals surface area contributed by atoms with Crippen molar-refractivity contribution < 1.29 is 18.7 Å². The molecule has 1 aliphatic heterocycles. The molecule has 23 heavy (non-hydrogen) atoms. The number of halogens is 1. The molecule has 0 unspecified atom stereocenters. The summed E-state index contributed by atoms with van der Waals surface area (Å²) in [5, 5.41) is 2.81. The third kappa shape index (κ3) is 4.39. The fourth-order valence-electron chi connectivity index (χ4n) is 2.12. The van der Waals surface area contributed by atoms with Crippen LogP contribution >= 0.6 is 11.8 Å². The maximum atomic E-state index is 12.8. The number of hydrogen-bond acceptors (Lipinski definition) is 4. The van der Waals surface area contributed by atoms with Crippen molar-refractivity contribution in [3.8, 4) is 11.5 Å². The van der Waals surface area contributed by atoms with E-state index in [0.717, 1.165) is 16.2 Å². The van der Waals surface area contributed by atoms with Crippen LogP contribution < -0.4 is 14.8 Å². The molecule has 1 aliphatic rings. The van der Waals surface area contributed by atoms with Crippen LogP contribution in [0.1, 0.15) is 5.56 Å². The first-order valence-corrected chi connectivity index (χ1v) is 8.23.